The number of carbonyl (C=O) groups is 1. The summed E-state index contributed by atoms with van der Waals surface area (Å²) in [4.78, 5) is 11.3. The van der Waals surface area contributed by atoms with Gasteiger partial charge in [-0.05, 0) is 35.7 Å². The average molecular weight is 349 g/mol. The number of halogens is 1. The third kappa shape index (κ3) is 4.90. The molecule has 0 radical (unpaired) electrons. The Hall–Kier alpha value is -1.81. The maximum Gasteiger partial charge on any atom is 0.305 e. The Morgan fingerprint density at radius 3 is 2.62 bits per heavy atom. The Morgan fingerprint density at radius 2 is 1.90 bits per heavy atom. The highest BCUT2D eigenvalue weighted by molar-refractivity contribution is 9.10. The zero-order chi connectivity index (χ0) is 15.1. The summed E-state index contributed by atoms with van der Waals surface area (Å²) in [5.41, 5.74) is 2.10. The van der Waals surface area contributed by atoms with E-state index in [2.05, 4.69) is 20.7 Å². The van der Waals surface area contributed by atoms with Gasteiger partial charge in [-0.3, -0.25) is 4.79 Å². The van der Waals surface area contributed by atoms with Crippen LogP contribution in [0.25, 0.3) is 0 Å². The van der Waals surface area contributed by atoms with Crippen LogP contribution in [0, 0.1) is 0 Å². The van der Waals surface area contributed by atoms with Crippen molar-refractivity contribution in [3.8, 4) is 5.75 Å². The molecule has 0 aliphatic carbocycles. The first kappa shape index (κ1) is 15.6. The predicted octanol–water partition coefficient (Wildman–Crippen LogP) is 4.13. The van der Waals surface area contributed by atoms with Gasteiger partial charge in [-0.15, -0.1) is 0 Å². The minimum Gasteiger partial charge on any atom is -0.489 e. The second-order valence-electron chi connectivity index (χ2n) is 4.60. The molecule has 0 atom stereocenters. The fourth-order valence-electron chi connectivity index (χ4n) is 1.96. The van der Waals surface area contributed by atoms with Crippen molar-refractivity contribution in [3.05, 3.63) is 64.1 Å². The molecule has 2 aromatic rings. The lowest BCUT2D eigenvalue weighted by molar-refractivity contribution is -0.140. The summed E-state index contributed by atoms with van der Waals surface area (Å²) in [6, 6.07) is 15.8. The Kier molecular flexibility index (Phi) is 5.81. The van der Waals surface area contributed by atoms with Crippen molar-refractivity contribution in [1.29, 1.82) is 0 Å². The molecule has 110 valence electrons. The molecule has 21 heavy (non-hydrogen) atoms. The Morgan fingerprint density at radius 1 is 1.14 bits per heavy atom. The molecule has 2 aromatic carbocycles. The van der Waals surface area contributed by atoms with E-state index in [0.29, 0.717) is 19.4 Å². The fraction of sp³-hybridized carbons (Fsp3) is 0.235. The minimum atomic E-state index is -0.219. The molecule has 0 amide bonds. The Labute approximate surface area is 133 Å². The summed E-state index contributed by atoms with van der Waals surface area (Å²) in [5.74, 6) is 0.579. The quantitative estimate of drug-likeness (QED) is 0.736. The van der Waals surface area contributed by atoms with Crippen molar-refractivity contribution in [1.82, 2.24) is 0 Å². The maximum absolute atomic E-state index is 11.3. The van der Waals surface area contributed by atoms with Crippen LogP contribution in [0.5, 0.6) is 5.75 Å². The summed E-state index contributed by atoms with van der Waals surface area (Å²) < 4.78 is 11.5. The molecule has 0 bridgehead atoms. The molecular weight excluding hydrogens is 332 g/mol. The highest BCUT2D eigenvalue weighted by atomic mass is 79.9. The molecule has 0 aromatic heterocycles. The van der Waals surface area contributed by atoms with Gasteiger partial charge < -0.3 is 9.47 Å². The number of aryl methyl sites for hydroxylation is 1. The normalized spacial score (nSPS) is 10.2. The van der Waals surface area contributed by atoms with Crippen LogP contribution in [-0.4, -0.2) is 13.1 Å². The first-order chi connectivity index (χ1) is 10.2. The van der Waals surface area contributed by atoms with E-state index in [1.54, 1.807) is 0 Å². The van der Waals surface area contributed by atoms with Gasteiger partial charge in [0.1, 0.15) is 12.4 Å². The molecule has 0 unspecified atom stereocenters. The fourth-order valence-corrected chi connectivity index (χ4v) is 2.37. The van der Waals surface area contributed by atoms with Gasteiger partial charge in [0, 0.05) is 10.9 Å². The molecule has 4 heteroatoms. The molecular formula is C17H17BrO3. The smallest absolute Gasteiger partial charge is 0.305 e. The van der Waals surface area contributed by atoms with Gasteiger partial charge in [-0.25, -0.2) is 0 Å². The van der Waals surface area contributed by atoms with Gasteiger partial charge in [-0.1, -0.05) is 46.3 Å². The second-order valence-corrected chi connectivity index (χ2v) is 5.52. The minimum absolute atomic E-state index is 0.219. The van der Waals surface area contributed by atoms with Gasteiger partial charge in [0.25, 0.3) is 0 Å². The molecule has 3 nitrogen and oxygen atoms in total. The van der Waals surface area contributed by atoms with Crippen molar-refractivity contribution in [3.63, 3.8) is 0 Å². The third-order valence-corrected chi connectivity index (χ3v) is 3.58. The second kappa shape index (κ2) is 7.84. The lowest BCUT2D eigenvalue weighted by Crippen LogP contribution is -2.04. The number of methoxy groups -OCH3 is 1. The van der Waals surface area contributed by atoms with Crippen LogP contribution in [0.4, 0.5) is 0 Å². The Balaban J connectivity index is 2.05. The van der Waals surface area contributed by atoms with Crippen molar-refractivity contribution in [2.75, 3.05) is 7.11 Å². The zero-order valence-corrected chi connectivity index (χ0v) is 13.4. The number of carbonyl (C=O) groups excluding carboxylic acids is 1. The van der Waals surface area contributed by atoms with E-state index in [1.807, 2.05) is 48.5 Å². The van der Waals surface area contributed by atoms with Gasteiger partial charge in [-0.2, -0.15) is 0 Å². The van der Waals surface area contributed by atoms with Crippen molar-refractivity contribution < 1.29 is 14.3 Å². The summed E-state index contributed by atoms with van der Waals surface area (Å²) in [5, 5.41) is 0. The third-order valence-electron chi connectivity index (χ3n) is 3.09. The van der Waals surface area contributed by atoms with Gasteiger partial charge in [0.05, 0.1) is 7.11 Å². The predicted molar refractivity (Wildman–Crippen MR) is 85.3 cm³/mol. The lowest BCUT2D eigenvalue weighted by Gasteiger charge is -2.12. The molecule has 0 spiro atoms. The monoisotopic (exact) mass is 348 g/mol. The SMILES string of the molecule is COC(=O)CCc1cc(Br)ccc1OCc1ccccc1. The zero-order valence-electron chi connectivity index (χ0n) is 11.8. The van der Waals surface area contributed by atoms with E-state index in [-0.39, 0.29) is 5.97 Å². The molecule has 0 heterocycles. The van der Waals surface area contributed by atoms with E-state index < -0.39 is 0 Å². The maximum atomic E-state index is 11.3. The first-order valence-corrected chi connectivity index (χ1v) is 7.50. The number of hydrogen-bond donors (Lipinski definition) is 0. The van der Waals surface area contributed by atoms with Crippen LogP contribution < -0.4 is 4.74 Å². The van der Waals surface area contributed by atoms with Crippen molar-refractivity contribution in [2.24, 2.45) is 0 Å². The molecule has 0 fully saturated rings. The molecule has 0 saturated heterocycles. The summed E-state index contributed by atoms with van der Waals surface area (Å²) in [6.07, 6.45) is 0.935. The van der Waals surface area contributed by atoms with Crippen LogP contribution in [0.15, 0.2) is 53.0 Å². The molecule has 2 rings (SSSR count). The Bertz CT molecular complexity index is 596. The number of rotatable bonds is 6. The molecule has 0 saturated carbocycles. The highest BCUT2D eigenvalue weighted by Gasteiger charge is 2.08. The van der Waals surface area contributed by atoms with Gasteiger partial charge in [0.2, 0.25) is 0 Å². The van der Waals surface area contributed by atoms with Crippen molar-refractivity contribution in [2.45, 2.75) is 19.4 Å². The number of esters is 1. The van der Waals surface area contributed by atoms with E-state index in [0.717, 1.165) is 21.3 Å². The summed E-state index contributed by atoms with van der Waals surface area (Å²) in [6.45, 7) is 0.508. The van der Waals surface area contributed by atoms with E-state index in [4.69, 9.17) is 4.74 Å². The van der Waals surface area contributed by atoms with Crippen LogP contribution in [0.3, 0.4) is 0 Å². The summed E-state index contributed by atoms with van der Waals surface area (Å²) >= 11 is 3.44. The van der Waals surface area contributed by atoms with E-state index in [1.165, 1.54) is 7.11 Å². The van der Waals surface area contributed by atoms with Gasteiger partial charge >= 0.3 is 5.97 Å². The van der Waals surface area contributed by atoms with E-state index >= 15 is 0 Å². The number of ether oxygens (including phenoxy) is 2. The van der Waals surface area contributed by atoms with E-state index in [9.17, 15) is 4.79 Å². The first-order valence-electron chi connectivity index (χ1n) is 6.71. The van der Waals surface area contributed by atoms with Crippen LogP contribution in [0.1, 0.15) is 17.5 Å². The van der Waals surface area contributed by atoms with Crippen LogP contribution >= 0.6 is 15.9 Å². The van der Waals surface area contributed by atoms with Crippen LogP contribution in [-0.2, 0) is 22.6 Å². The molecule has 0 aliphatic rings. The number of hydrogen-bond acceptors (Lipinski definition) is 3. The topological polar surface area (TPSA) is 35.5 Å². The average Bonchev–Trinajstić information content (AvgIpc) is 2.52. The van der Waals surface area contributed by atoms with Crippen LogP contribution in [0.2, 0.25) is 0 Å². The largest absolute Gasteiger partial charge is 0.489 e. The standard InChI is InChI=1S/C17H17BrO3/c1-20-17(19)10-7-14-11-15(18)8-9-16(14)21-12-13-5-3-2-4-6-13/h2-6,8-9,11H,7,10,12H2,1H3. The molecule has 0 N–H and O–H groups in total. The highest BCUT2D eigenvalue weighted by Crippen LogP contribution is 2.25. The number of benzene rings is 2. The molecule has 0 aliphatic heterocycles. The lowest BCUT2D eigenvalue weighted by atomic mass is 10.1. The van der Waals surface area contributed by atoms with Crippen molar-refractivity contribution >= 4 is 21.9 Å². The van der Waals surface area contributed by atoms with Gasteiger partial charge in [0.15, 0.2) is 0 Å². The summed E-state index contributed by atoms with van der Waals surface area (Å²) in [7, 11) is 1.40.